The van der Waals surface area contributed by atoms with Gasteiger partial charge in [0.15, 0.2) is 23.0 Å². The van der Waals surface area contributed by atoms with Crippen LogP contribution in [0.25, 0.3) is 17.2 Å². The van der Waals surface area contributed by atoms with Crippen molar-refractivity contribution in [3.05, 3.63) is 42.1 Å². The van der Waals surface area contributed by atoms with Crippen LogP contribution in [0.4, 0.5) is 0 Å². The lowest BCUT2D eigenvalue weighted by Gasteiger charge is -2.26. The largest absolute Gasteiger partial charge is 0.454 e. The SMILES string of the molecule is Cc1nc(-c2nccnc2C(=O)N2CCCCC2)n(-c2ccc3c(c2)OCO3)n1. The summed E-state index contributed by atoms with van der Waals surface area (Å²) in [5, 5.41) is 4.51. The van der Waals surface area contributed by atoms with Gasteiger partial charge in [0, 0.05) is 31.5 Å². The maximum atomic E-state index is 13.1. The Morgan fingerprint density at radius 1 is 1.03 bits per heavy atom. The Hall–Kier alpha value is -3.49. The maximum Gasteiger partial charge on any atom is 0.274 e. The predicted molar refractivity (Wildman–Crippen MR) is 103 cm³/mol. The van der Waals surface area contributed by atoms with Gasteiger partial charge >= 0.3 is 0 Å². The van der Waals surface area contributed by atoms with Crippen LogP contribution in [0.2, 0.25) is 0 Å². The summed E-state index contributed by atoms with van der Waals surface area (Å²) in [6.07, 6.45) is 6.27. The molecule has 1 amide bonds. The van der Waals surface area contributed by atoms with Crippen molar-refractivity contribution in [1.82, 2.24) is 29.6 Å². The number of nitrogens with zero attached hydrogens (tertiary/aromatic N) is 6. The van der Waals surface area contributed by atoms with Gasteiger partial charge in [-0.3, -0.25) is 4.79 Å². The van der Waals surface area contributed by atoms with Crippen LogP contribution < -0.4 is 9.47 Å². The fourth-order valence-corrected chi connectivity index (χ4v) is 3.67. The number of hydrogen-bond acceptors (Lipinski definition) is 7. The van der Waals surface area contributed by atoms with E-state index in [2.05, 4.69) is 20.1 Å². The van der Waals surface area contributed by atoms with Crippen LogP contribution >= 0.6 is 0 Å². The third-order valence-electron chi connectivity index (χ3n) is 5.07. The molecule has 3 aromatic rings. The lowest BCUT2D eigenvalue weighted by molar-refractivity contribution is 0.0718. The molecule has 0 radical (unpaired) electrons. The van der Waals surface area contributed by atoms with E-state index < -0.39 is 0 Å². The van der Waals surface area contributed by atoms with E-state index in [4.69, 9.17) is 9.47 Å². The molecule has 148 valence electrons. The summed E-state index contributed by atoms with van der Waals surface area (Å²) in [4.78, 5) is 28.3. The summed E-state index contributed by atoms with van der Waals surface area (Å²) in [6.45, 7) is 3.47. The first-order valence-electron chi connectivity index (χ1n) is 9.65. The minimum atomic E-state index is -0.120. The van der Waals surface area contributed by atoms with Gasteiger partial charge in [0.25, 0.3) is 5.91 Å². The number of rotatable bonds is 3. The number of carbonyl (C=O) groups excluding carboxylic acids is 1. The highest BCUT2D eigenvalue weighted by Gasteiger charge is 2.26. The van der Waals surface area contributed by atoms with Crippen molar-refractivity contribution < 1.29 is 14.3 Å². The Balaban J connectivity index is 1.58. The maximum absolute atomic E-state index is 13.1. The second-order valence-corrected chi connectivity index (χ2v) is 7.04. The van der Waals surface area contributed by atoms with Crippen molar-refractivity contribution in [2.45, 2.75) is 26.2 Å². The van der Waals surface area contributed by atoms with Crippen molar-refractivity contribution in [2.75, 3.05) is 19.9 Å². The molecule has 1 saturated heterocycles. The van der Waals surface area contributed by atoms with Crippen LogP contribution in [0.3, 0.4) is 0 Å². The molecule has 1 aromatic carbocycles. The lowest BCUT2D eigenvalue weighted by Crippen LogP contribution is -2.36. The van der Waals surface area contributed by atoms with Crippen LogP contribution in [0.15, 0.2) is 30.6 Å². The van der Waals surface area contributed by atoms with Gasteiger partial charge in [0.1, 0.15) is 11.5 Å². The molecule has 5 rings (SSSR count). The standard InChI is InChI=1S/C20H20N6O3/c1-13-23-19(26(24-13)14-5-6-15-16(11-14)29-12-28-15)17-18(22-8-7-21-17)20(27)25-9-3-2-4-10-25/h5-8,11H,2-4,9-10,12H2,1H3. The molecule has 2 aromatic heterocycles. The van der Waals surface area contributed by atoms with E-state index in [-0.39, 0.29) is 12.7 Å². The monoisotopic (exact) mass is 392 g/mol. The fourth-order valence-electron chi connectivity index (χ4n) is 3.67. The van der Waals surface area contributed by atoms with Gasteiger partial charge in [-0.15, -0.1) is 0 Å². The Morgan fingerprint density at radius 3 is 2.69 bits per heavy atom. The van der Waals surface area contributed by atoms with Crippen LogP contribution in [0.5, 0.6) is 11.5 Å². The van der Waals surface area contributed by atoms with Crippen molar-refractivity contribution in [2.24, 2.45) is 0 Å². The van der Waals surface area contributed by atoms with Gasteiger partial charge in [-0.2, -0.15) is 5.10 Å². The van der Waals surface area contributed by atoms with Crippen molar-refractivity contribution in [3.63, 3.8) is 0 Å². The highest BCUT2D eigenvalue weighted by molar-refractivity contribution is 5.97. The van der Waals surface area contributed by atoms with Gasteiger partial charge in [0.2, 0.25) is 6.79 Å². The van der Waals surface area contributed by atoms with Crippen molar-refractivity contribution >= 4 is 5.91 Å². The number of amides is 1. The Bertz CT molecular complexity index is 1070. The molecule has 2 aliphatic rings. The van der Waals surface area contributed by atoms with Gasteiger partial charge < -0.3 is 14.4 Å². The summed E-state index contributed by atoms with van der Waals surface area (Å²) in [6, 6.07) is 5.53. The molecule has 0 aliphatic carbocycles. The van der Waals surface area contributed by atoms with Crippen LogP contribution in [0, 0.1) is 6.92 Å². The van der Waals surface area contributed by atoms with Gasteiger partial charge in [-0.05, 0) is 38.3 Å². The molecular formula is C20H20N6O3. The molecule has 0 spiro atoms. The van der Waals surface area contributed by atoms with E-state index in [0.29, 0.717) is 34.5 Å². The summed E-state index contributed by atoms with van der Waals surface area (Å²) in [7, 11) is 0. The molecule has 0 atom stereocenters. The summed E-state index contributed by atoms with van der Waals surface area (Å²) in [5.74, 6) is 2.25. The second kappa shape index (κ2) is 7.16. The third kappa shape index (κ3) is 3.18. The second-order valence-electron chi connectivity index (χ2n) is 7.04. The van der Waals surface area contributed by atoms with E-state index >= 15 is 0 Å². The number of hydrogen-bond donors (Lipinski definition) is 0. The smallest absolute Gasteiger partial charge is 0.274 e. The van der Waals surface area contributed by atoms with E-state index in [1.165, 1.54) is 6.20 Å². The van der Waals surface area contributed by atoms with E-state index in [9.17, 15) is 4.79 Å². The summed E-state index contributed by atoms with van der Waals surface area (Å²) < 4.78 is 12.5. The number of carbonyl (C=O) groups is 1. The molecule has 1 fully saturated rings. The minimum absolute atomic E-state index is 0.120. The highest BCUT2D eigenvalue weighted by Crippen LogP contribution is 2.34. The number of ether oxygens (including phenoxy) is 2. The third-order valence-corrected chi connectivity index (χ3v) is 5.07. The number of benzene rings is 1. The molecule has 9 heteroatoms. The number of likely N-dealkylation sites (tertiary alicyclic amines) is 1. The molecular weight excluding hydrogens is 372 g/mol. The van der Waals surface area contributed by atoms with Crippen LogP contribution in [-0.2, 0) is 0 Å². The van der Waals surface area contributed by atoms with Crippen LogP contribution in [0.1, 0.15) is 35.6 Å². The first-order chi connectivity index (χ1) is 14.2. The Labute approximate surface area is 167 Å². The average Bonchev–Trinajstić information content (AvgIpc) is 3.39. The lowest BCUT2D eigenvalue weighted by atomic mass is 10.1. The molecule has 0 bridgehead atoms. The molecule has 2 aliphatic heterocycles. The zero-order chi connectivity index (χ0) is 19.8. The molecule has 9 nitrogen and oxygen atoms in total. The van der Waals surface area contributed by atoms with E-state index in [1.807, 2.05) is 23.1 Å². The fraction of sp³-hybridized carbons (Fsp3) is 0.350. The zero-order valence-corrected chi connectivity index (χ0v) is 16.0. The number of aromatic nitrogens is 5. The molecule has 0 unspecified atom stereocenters. The molecule has 0 N–H and O–H groups in total. The average molecular weight is 392 g/mol. The molecule has 0 saturated carbocycles. The minimum Gasteiger partial charge on any atom is -0.454 e. The number of piperidine rings is 1. The molecule has 4 heterocycles. The topological polar surface area (TPSA) is 95.3 Å². The van der Waals surface area contributed by atoms with Crippen LogP contribution in [-0.4, -0.2) is 55.4 Å². The van der Waals surface area contributed by atoms with Gasteiger partial charge in [-0.25, -0.2) is 19.6 Å². The normalized spacial score (nSPS) is 15.6. The predicted octanol–water partition coefficient (Wildman–Crippen LogP) is 2.39. The van der Waals surface area contributed by atoms with Gasteiger partial charge in [0.05, 0.1) is 5.69 Å². The number of fused-ring (bicyclic) bond motifs is 1. The quantitative estimate of drug-likeness (QED) is 0.675. The Morgan fingerprint density at radius 2 is 1.83 bits per heavy atom. The van der Waals surface area contributed by atoms with E-state index in [1.54, 1.807) is 17.8 Å². The van der Waals surface area contributed by atoms with Crippen molar-refractivity contribution in [1.29, 1.82) is 0 Å². The first-order valence-corrected chi connectivity index (χ1v) is 9.65. The summed E-state index contributed by atoms with van der Waals surface area (Å²) in [5.41, 5.74) is 1.46. The molecule has 29 heavy (non-hydrogen) atoms. The number of aryl methyl sites for hydroxylation is 1. The van der Waals surface area contributed by atoms with Gasteiger partial charge in [-0.1, -0.05) is 0 Å². The summed E-state index contributed by atoms with van der Waals surface area (Å²) >= 11 is 0. The zero-order valence-electron chi connectivity index (χ0n) is 16.0. The van der Waals surface area contributed by atoms with E-state index in [0.717, 1.165) is 38.0 Å². The van der Waals surface area contributed by atoms with Crippen molar-refractivity contribution in [3.8, 4) is 28.7 Å². The highest BCUT2D eigenvalue weighted by atomic mass is 16.7. The Kier molecular flexibility index (Phi) is 4.34. The first kappa shape index (κ1) is 17.6.